The molecule has 66 heavy (non-hydrogen) atoms. The first kappa shape index (κ1) is 64.5. The molecule has 6 nitrogen and oxygen atoms in total. The molecule has 0 fully saturated rings. The summed E-state index contributed by atoms with van der Waals surface area (Å²) in [4.78, 5) is 12.6. The maximum atomic E-state index is 12.6. The van der Waals surface area contributed by atoms with Crippen LogP contribution in [0.3, 0.4) is 0 Å². The van der Waals surface area contributed by atoms with E-state index < -0.39 is 36.9 Å². The van der Waals surface area contributed by atoms with Crippen molar-refractivity contribution in [3.05, 3.63) is 36.5 Å². The minimum Gasteiger partial charge on any atom is -0.394 e. The third-order valence-electron chi connectivity index (χ3n) is 13.8. The highest BCUT2D eigenvalue weighted by Gasteiger charge is 2.28. The Balaban J connectivity index is 3.67. The molecule has 0 heterocycles. The summed E-state index contributed by atoms with van der Waals surface area (Å²) in [6.07, 6.45) is 67.9. The Kier molecular flexibility index (Phi) is 53.3. The van der Waals surface area contributed by atoms with Crippen molar-refractivity contribution < 1.29 is 25.2 Å². The van der Waals surface area contributed by atoms with Gasteiger partial charge in [-0.15, -0.1) is 0 Å². The van der Waals surface area contributed by atoms with Gasteiger partial charge < -0.3 is 25.7 Å². The number of carbonyl (C=O) groups is 1. The first-order valence-electron chi connectivity index (χ1n) is 29.4. The summed E-state index contributed by atoms with van der Waals surface area (Å²) in [5, 5.41) is 44.0. The highest BCUT2D eigenvalue weighted by atomic mass is 16.3. The van der Waals surface area contributed by atoms with E-state index in [9.17, 15) is 25.2 Å². The number of rotatable bonds is 54. The summed E-state index contributed by atoms with van der Waals surface area (Å²) in [5.41, 5.74) is 0. The molecule has 0 aromatic carbocycles. The molecule has 0 radical (unpaired) electrons. The molecule has 0 bridgehead atoms. The molecule has 0 aliphatic rings. The first-order chi connectivity index (χ1) is 32.5. The lowest BCUT2D eigenvalue weighted by molar-refractivity contribution is -0.132. The SMILES string of the molecule is CCCCCCCCCCCCCC/C=C\CCCCCCCCCCCCC(O)C(=O)NC(CO)C(O)C(O)CCC/C=C/CC/C=C/CCCCCCCCCCCCCCCCC. The van der Waals surface area contributed by atoms with Crippen molar-refractivity contribution in [2.45, 2.75) is 334 Å². The van der Waals surface area contributed by atoms with Gasteiger partial charge in [-0.25, -0.2) is 0 Å². The van der Waals surface area contributed by atoms with Gasteiger partial charge in [-0.2, -0.15) is 0 Å². The monoisotopic (exact) mass is 930 g/mol. The Morgan fingerprint density at radius 2 is 0.636 bits per heavy atom. The highest BCUT2D eigenvalue weighted by molar-refractivity contribution is 5.80. The molecule has 4 unspecified atom stereocenters. The van der Waals surface area contributed by atoms with E-state index in [2.05, 4.69) is 55.6 Å². The predicted molar refractivity (Wildman–Crippen MR) is 288 cm³/mol. The van der Waals surface area contributed by atoms with E-state index in [4.69, 9.17) is 0 Å². The molecule has 5 N–H and O–H groups in total. The van der Waals surface area contributed by atoms with E-state index in [1.807, 2.05) is 0 Å². The second kappa shape index (κ2) is 54.5. The van der Waals surface area contributed by atoms with E-state index in [1.54, 1.807) is 0 Å². The summed E-state index contributed by atoms with van der Waals surface area (Å²) in [5.74, 6) is -0.595. The van der Waals surface area contributed by atoms with Crippen LogP contribution in [0.2, 0.25) is 0 Å². The van der Waals surface area contributed by atoms with Crippen LogP contribution in [0.25, 0.3) is 0 Å². The zero-order valence-electron chi connectivity index (χ0n) is 44.2. The number of nitrogens with one attached hydrogen (secondary N) is 1. The summed E-state index contributed by atoms with van der Waals surface area (Å²) in [7, 11) is 0. The Labute approximate surface area is 411 Å². The number of aliphatic hydroxyl groups is 4. The van der Waals surface area contributed by atoms with Gasteiger partial charge in [0, 0.05) is 0 Å². The average molecular weight is 931 g/mol. The van der Waals surface area contributed by atoms with Crippen LogP contribution >= 0.6 is 0 Å². The van der Waals surface area contributed by atoms with E-state index in [0.717, 1.165) is 38.5 Å². The van der Waals surface area contributed by atoms with Crippen LogP contribution in [0.5, 0.6) is 0 Å². The highest BCUT2D eigenvalue weighted by Crippen LogP contribution is 2.17. The molecule has 6 heteroatoms. The molecule has 0 aliphatic heterocycles. The summed E-state index contributed by atoms with van der Waals surface area (Å²) in [6.45, 7) is 4.08. The number of amides is 1. The molecule has 0 saturated heterocycles. The molecule has 0 aromatic rings. The molecule has 1 amide bonds. The smallest absolute Gasteiger partial charge is 0.249 e. The van der Waals surface area contributed by atoms with Gasteiger partial charge in [-0.3, -0.25) is 4.79 Å². The minimum absolute atomic E-state index is 0.359. The Morgan fingerprint density at radius 3 is 0.955 bits per heavy atom. The van der Waals surface area contributed by atoms with Gasteiger partial charge in [-0.1, -0.05) is 269 Å². The summed E-state index contributed by atoms with van der Waals surface area (Å²) in [6, 6.07) is -1.01. The average Bonchev–Trinajstić information content (AvgIpc) is 3.32. The van der Waals surface area contributed by atoms with Crippen molar-refractivity contribution in [2.24, 2.45) is 0 Å². The van der Waals surface area contributed by atoms with E-state index in [1.165, 1.54) is 238 Å². The minimum atomic E-state index is -1.29. The lowest BCUT2D eigenvalue weighted by Crippen LogP contribution is -2.53. The van der Waals surface area contributed by atoms with Gasteiger partial charge in [0.1, 0.15) is 12.2 Å². The van der Waals surface area contributed by atoms with Crippen LogP contribution < -0.4 is 5.32 Å². The molecule has 4 atom stereocenters. The fourth-order valence-electron chi connectivity index (χ4n) is 9.18. The molecule has 0 spiro atoms. The van der Waals surface area contributed by atoms with E-state index in [-0.39, 0.29) is 0 Å². The number of carbonyl (C=O) groups excluding carboxylic acids is 1. The third-order valence-corrected chi connectivity index (χ3v) is 13.8. The zero-order chi connectivity index (χ0) is 48.1. The van der Waals surface area contributed by atoms with Gasteiger partial charge in [0.2, 0.25) is 5.91 Å². The number of hydrogen-bond acceptors (Lipinski definition) is 5. The second-order valence-corrected chi connectivity index (χ2v) is 20.3. The van der Waals surface area contributed by atoms with Crippen LogP contribution in [0, 0.1) is 0 Å². The Bertz CT molecular complexity index is 1040. The maximum Gasteiger partial charge on any atom is 0.249 e. The fourth-order valence-corrected chi connectivity index (χ4v) is 9.18. The topological polar surface area (TPSA) is 110 Å². The fraction of sp³-hybridized carbons (Fsp3) is 0.883. The van der Waals surface area contributed by atoms with E-state index in [0.29, 0.717) is 19.3 Å². The van der Waals surface area contributed by atoms with Crippen molar-refractivity contribution in [2.75, 3.05) is 6.61 Å². The standard InChI is InChI=1S/C60H115NO5/c1-3-5-7-9-11-13-15-17-19-21-23-25-27-29-30-32-34-36-38-40-42-44-46-48-50-52-54-58(64)60(66)61-56(55-62)59(65)57(63)53-51-49-47-45-43-41-39-37-35-33-31-28-26-24-22-20-18-16-14-12-10-8-6-4-2/h29-30,37,39,45,47,56-59,62-65H,3-28,31-36,38,40-44,46,48-55H2,1-2H3,(H,61,66)/b30-29-,39-37+,47-45+. The summed E-state index contributed by atoms with van der Waals surface area (Å²) < 4.78 is 0. The van der Waals surface area contributed by atoms with Crippen molar-refractivity contribution in [3.63, 3.8) is 0 Å². The predicted octanol–water partition coefficient (Wildman–Crippen LogP) is 17.2. The molecular weight excluding hydrogens is 815 g/mol. The van der Waals surface area contributed by atoms with Crippen molar-refractivity contribution >= 4 is 5.91 Å². The number of aliphatic hydroxyl groups excluding tert-OH is 4. The number of unbranched alkanes of at least 4 members (excludes halogenated alkanes) is 39. The van der Waals surface area contributed by atoms with Crippen LogP contribution in [-0.4, -0.2) is 57.3 Å². The molecule has 0 saturated carbocycles. The van der Waals surface area contributed by atoms with Crippen LogP contribution in [0.15, 0.2) is 36.5 Å². The lowest BCUT2D eigenvalue weighted by Gasteiger charge is -2.27. The quantitative estimate of drug-likeness (QED) is 0.0308. The van der Waals surface area contributed by atoms with Crippen LogP contribution in [0.1, 0.15) is 309 Å². The zero-order valence-corrected chi connectivity index (χ0v) is 44.2. The lowest BCUT2D eigenvalue weighted by atomic mass is 10.00. The van der Waals surface area contributed by atoms with Crippen LogP contribution in [-0.2, 0) is 4.79 Å². The Hall–Kier alpha value is -1.47. The maximum absolute atomic E-state index is 12.6. The Morgan fingerprint density at radius 1 is 0.364 bits per heavy atom. The molecule has 0 rings (SSSR count). The molecular formula is C60H115NO5. The van der Waals surface area contributed by atoms with Crippen molar-refractivity contribution in [3.8, 4) is 0 Å². The number of hydrogen-bond donors (Lipinski definition) is 5. The number of allylic oxidation sites excluding steroid dienone is 6. The second-order valence-electron chi connectivity index (χ2n) is 20.3. The summed E-state index contributed by atoms with van der Waals surface area (Å²) >= 11 is 0. The van der Waals surface area contributed by atoms with Gasteiger partial charge in [-0.05, 0) is 77.0 Å². The van der Waals surface area contributed by atoms with Gasteiger partial charge in [0.25, 0.3) is 0 Å². The van der Waals surface area contributed by atoms with Crippen molar-refractivity contribution in [1.29, 1.82) is 0 Å². The van der Waals surface area contributed by atoms with Gasteiger partial charge in [0.05, 0.1) is 18.8 Å². The van der Waals surface area contributed by atoms with Gasteiger partial charge >= 0.3 is 0 Å². The molecule has 0 aromatic heterocycles. The van der Waals surface area contributed by atoms with Crippen LogP contribution in [0.4, 0.5) is 0 Å². The van der Waals surface area contributed by atoms with E-state index >= 15 is 0 Å². The molecule has 0 aliphatic carbocycles. The van der Waals surface area contributed by atoms with Crippen molar-refractivity contribution in [1.82, 2.24) is 5.32 Å². The van der Waals surface area contributed by atoms with Gasteiger partial charge in [0.15, 0.2) is 0 Å². The largest absolute Gasteiger partial charge is 0.394 e. The first-order valence-corrected chi connectivity index (χ1v) is 29.4. The third kappa shape index (κ3) is 47.6. The molecule has 390 valence electrons. The normalized spacial score (nSPS) is 14.0.